The summed E-state index contributed by atoms with van der Waals surface area (Å²) in [7, 11) is 0. The van der Waals surface area contributed by atoms with Gasteiger partial charge in [0.15, 0.2) is 5.11 Å². The number of halogens is 1. The SMILES string of the molecule is CC(=NNC(N)=S)c1c[nH]c2ccc(Cl)cc12. The Labute approximate surface area is 109 Å². The van der Waals surface area contributed by atoms with Crippen LogP contribution in [-0.4, -0.2) is 15.8 Å². The van der Waals surface area contributed by atoms with Crippen molar-refractivity contribution in [3.05, 3.63) is 35.0 Å². The number of hydrazone groups is 1. The molecule has 17 heavy (non-hydrogen) atoms. The maximum atomic E-state index is 5.97. The molecule has 2 rings (SSSR count). The van der Waals surface area contributed by atoms with Crippen molar-refractivity contribution in [2.24, 2.45) is 10.8 Å². The fourth-order valence-corrected chi connectivity index (χ4v) is 1.81. The van der Waals surface area contributed by atoms with Gasteiger partial charge in [-0.2, -0.15) is 5.10 Å². The van der Waals surface area contributed by atoms with Crippen molar-refractivity contribution < 1.29 is 0 Å². The molecule has 0 aliphatic heterocycles. The maximum absolute atomic E-state index is 5.97. The van der Waals surface area contributed by atoms with Gasteiger partial charge in [-0.1, -0.05) is 11.6 Å². The number of rotatable bonds is 2. The van der Waals surface area contributed by atoms with Crippen LogP contribution in [0.3, 0.4) is 0 Å². The molecule has 0 atom stereocenters. The predicted molar refractivity (Wildman–Crippen MR) is 75.4 cm³/mol. The number of nitrogens with two attached hydrogens (primary N) is 1. The van der Waals surface area contributed by atoms with E-state index in [1.54, 1.807) is 0 Å². The van der Waals surface area contributed by atoms with Crippen LogP contribution in [0, 0.1) is 0 Å². The second-order valence-corrected chi connectivity index (χ2v) is 4.44. The molecular formula is C11H11ClN4S. The highest BCUT2D eigenvalue weighted by Gasteiger charge is 2.06. The molecule has 0 fully saturated rings. The molecule has 0 radical (unpaired) electrons. The van der Waals surface area contributed by atoms with E-state index in [4.69, 9.17) is 29.6 Å². The Kier molecular flexibility index (Phi) is 3.31. The Morgan fingerprint density at radius 3 is 3.00 bits per heavy atom. The van der Waals surface area contributed by atoms with E-state index in [9.17, 15) is 0 Å². The van der Waals surface area contributed by atoms with Gasteiger partial charge >= 0.3 is 0 Å². The Bertz CT molecular complexity index is 603. The van der Waals surface area contributed by atoms with Gasteiger partial charge in [0.1, 0.15) is 0 Å². The van der Waals surface area contributed by atoms with Gasteiger partial charge in [-0.25, -0.2) is 0 Å². The molecule has 0 saturated carbocycles. The number of benzene rings is 1. The monoisotopic (exact) mass is 266 g/mol. The Hall–Kier alpha value is -1.59. The zero-order chi connectivity index (χ0) is 12.4. The molecule has 1 aromatic carbocycles. The molecular weight excluding hydrogens is 256 g/mol. The van der Waals surface area contributed by atoms with Crippen LogP contribution in [0.5, 0.6) is 0 Å². The zero-order valence-electron chi connectivity index (χ0n) is 9.12. The summed E-state index contributed by atoms with van der Waals surface area (Å²) in [6.07, 6.45) is 1.88. The minimum atomic E-state index is 0.141. The molecule has 0 unspecified atom stereocenters. The second-order valence-electron chi connectivity index (χ2n) is 3.57. The number of fused-ring (bicyclic) bond motifs is 1. The van der Waals surface area contributed by atoms with E-state index in [0.717, 1.165) is 22.2 Å². The van der Waals surface area contributed by atoms with Crippen molar-refractivity contribution >= 4 is 45.5 Å². The topological polar surface area (TPSA) is 66.2 Å². The van der Waals surface area contributed by atoms with Crippen LogP contribution in [0.1, 0.15) is 12.5 Å². The first-order chi connectivity index (χ1) is 8.08. The summed E-state index contributed by atoms with van der Waals surface area (Å²) in [6, 6.07) is 5.65. The van der Waals surface area contributed by atoms with Crippen molar-refractivity contribution in [3.63, 3.8) is 0 Å². The normalized spacial score (nSPS) is 11.8. The highest BCUT2D eigenvalue weighted by Crippen LogP contribution is 2.22. The average Bonchev–Trinajstić information content (AvgIpc) is 2.68. The lowest BCUT2D eigenvalue weighted by Crippen LogP contribution is -2.25. The van der Waals surface area contributed by atoms with E-state index in [0.29, 0.717) is 5.02 Å². The average molecular weight is 267 g/mol. The lowest BCUT2D eigenvalue weighted by atomic mass is 10.1. The summed E-state index contributed by atoms with van der Waals surface area (Å²) in [6.45, 7) is 1.87. The quantitative estimate of drug-likeness (QED) is 0.444. The maximum Gasteiger partial charge on any atom is 0.184 e. The molecule has 0 aliphatic carbocycles. The Morgan fingerprint density at radius 1 is 1.53 bits per heavy atom. The van der Waals surface area contributed by atoms with Gasteiger partial charge in [-0.05, 0) is 37.3 Å². The zero-order valence-corrected chi connectivity index (χ0v) is 10.7. The van der Waals surface area contributed by atoms with Crippen LogP contribution in [0.15, 0.2) is 29.5 Å². The van der Waals surface area contributed by atoms with Gasteiger partial charge in [-0.15, -0.1) is 0 Å². The van der Waals surface area contributed by atoms with Gasteiger partial charge in [0, 0.05) is 27.7 Å². The first-order valence-corrected chi connectivity index (χ1v) is 5.73. The lowest BCUT2D eigenvalue weighted by molar-refractivity contribution is 1.03. The molecule has 0 saturated heterocycles. The largest absolute Gasteiger partial charge is 0.375 e. The van der Waals surface area contributed by atoms with E-state index in [2.05, 4.69) is 15.5 Å². The molecule has 0 aliphatic rings. The van der Waals surface area contributed by atoms with Gasteiger partial charge in [0.25, 0.3) is 0 Å². The van der Waals surface area contributed by atoms with Gasteiger partial charge in [0.2, 0.25) is 0 Å². The predicted octanol–water partition coefficient (Wildman–Crippen LogP) is 2.38. The Morgan fingerprint density at radius 2 is 2.29 bits per heavy atom. The van der Waals surface area contributed by atoms with E-state index in [1.807, 2.05) is 31.3 Å². The van der Waals surface area contributed by atoms with Crippen molar-refractivity contribution in [1.82, 2.24) is 10.4 Å². The van der Waals surface area contributed by atoms with Crippen molar-refractivity contribution in [2.75, 3.05) is 0 Å². The third-order valence-corrected chi connectivity index (χ3v) is 2.69. The number of H-pyrrole nitrogens is 1. The third kappa shape index (κ3) is 2.57. The number of hydrogen-bond donors (Lipinski definition) is 3. The second kappa shape index (κ2) is 4.73. The smallest absolute Gasteiger partial charge is 0.184 e. The number of nitrogens with one attached hydrogen (secondary N) is 2. The van der Waals surface area contributed by atoms with Crippen molar-refractivity contribution in [3.8, 4) is 0 Å². The lowest BCUT2D eigenvalue weighted by Gasteiger charge is -2.00. The van der Waals surface area contributed by atoms with Crippen LogP contribution in [-0.2, 0) is 0 Å². The molecule has 0 amide bonds. The van der Waals surface area contributed by atoms with Crippen molar-refractivity contribution in [2.45, 2.75) is 6.92 Å². The van der Waals surface area contributed by atoms with Gasteiger partial charge in [0.05, 0.1) is 5.71 Å². The summed E-state index contributed by atoms with van der Waals surface area (Å²) in [4.78, 5) is 3.15. The molecule has 88 valence electrons. The fourth-order valence-electron chi connectivity index (χ4n) is 1.59. The number of hydrogen-bond acceptors (Lipinski definition) is 2. The standard InChI is InChI=1S/C11H11ClN4S/c1-6(15-16-11(13)17)9-5-14-10-3-2-7(12)4-8(9)10/h2-5,14H,1H3,(H3,13,16,17). The van der Waals surface area contributed by atoms with Gasteiger partial charge < -0.3 is 10.7 Å². The van der Waals surface area contributed by atoms with Crippen LogP contribution >= 0.6 is 23.8 Å². The highest BCUT2D eigenvalue weighted by atomic mass is 35.5. The number of thiocarbonyl (C=S) groups is 1. The van der Waals surface area contributed by atoms with Gasteiger partial charge in [-0.3, -0.25) is 5.43 Å². The molecule has 0 bridgehead atoms. The molecule has 6 heteroatoms. The third-order valence-electron chi connectivity index (χ3n) is 2.37. The first kappa shape index (κ1) is 11.9. The summed E-state index contributed by atoms with van der Waals surface area (Å²) < 4.78 is 0. The van der Waals surface area contributed by atoms with E-state index in [1.165, 1.54) is 0 Å². The van der Waals surface area contributed by atoms with Crippen molar-refractivity contribution in [1.29, 1.82) is 0 Å². The first-order valence-electron chi connectivity index (χ1n) is 4.94. The molecule has 0 spiro atoms. The minimum Gasteiger partial charge on any atom is -0.375 e. The molecule has 1 heterocycles. The van der Waals surface area contributed by atoms with Crippen LogP contribution < -0.4 is 11.2 Å². The summed E-state index contributed by atoms with van der Waals surface area (Å²) in [5, 5.41) is 5.93. The van der Waals surface area contributed by atoms with Crippen LogP contribution in [0.4, 0.5) is 0 Å². The van der Waals surface area contributed by atoms with Crippen LogP contribution in [0.25, 0.3) is 10.9 Å². The Balaban J connectivity index is 2.45. The fraction of sp³-hybridized carbons (Fsp3) is 0.0909. The van der Waals surface area contributed by atoms with E-state index < -0.39 is 0 Å². The number of aromatic nitrogens is 1. The van der Waals surface area contributed by atoms with Crippen LogP contribution in [0.2, 0.25) is 5.02 Å². The highest BCUT2D eigenvalue weighted by molar-refractivity contribution is 7.80. The van der Waals surface area contributed by atoms with E-state index in [-0.39, 0.29) is 5.11 Å². The molecule has 4 N–H and O–H groups in total. The summed E-state index contributed by atoms with van der Waals surface area (Å²) >= 11 is 10.7. The summed E-state index contributed by atoms with van der Waals surface area (Å²) in [5.74, 6) is 0. The number of aromatic amines is 1. The molecule has 4 nitrogen and oxygen atoms in total. The summed E-state index contributed by atoms with van der Waals surface area (Å²) in [5.41, 5.74) is 10.6. The molecule has 2 aromatic rings. The molecule has 1 aromatic heterocycles. The van der Waals surface area contributed by atoms with E-state index >= 15 is 0 Å². The minimum absolute atomic E-state index is 0.141. The number of nitrogens with zero attached hydrogens (tertiary/aromatic N) is 1.